The minimum atomic E-state index is 0.0557. The third kappa shape index (κ3) is 3.84. The number of carbonyl (C=O) groups excluding carboxylic acids is 1. The Morgan fingerprint density at radius 3 is 2.81 bits per heavy atom. The monoisotopic (exact) mass is 361 g/mol. The molecule has 3 heterocycles. The van der Waals surface area contributed by atoms with Crippen LogP contribution >= 0.6 is 0 Å². The second-order valence-electron chi connectivity index (χ2n) is 6.31. The van der Waals surface area contributed by atoms with E-state index >= 15 is 0 Å². The zero-order valence-electron chi connectivity index (χ0n) is 15.4. The molecule has 1 aliphatic heterocycles. The first-order chi connectivity index (χ1) is 12.5. The van der Waals surface area contributed by atoms with Crippen molar-refractivity contribution in [3.8, 4) is 5.88 Å². The summed E-state index contributed by atoms with van der Waals surface area (Å²) in [6, 6.07) is 0. The summed E-state index contributed by atoms with van der Waals surface area (Å²) in [6.45, 7) is 5.45. The molecule has 0 atom stereocenters. The first kappa shape index (κ1) is 17.9. The molecule has 0 spiro atoms. The number of hydrogen-bond donors (Lipinski definition) is 1. The third-order valence-corrected chi connectivity index (χ3v) is 4.14. The van der Waals surface area contributed by atoms with Crippen LogP contribution in [0.3, 0.4) is 0 Å². The van der Waals surface area contributed by atoms with Gasteiger partial charge in [0.15, 0.2) is 0 Å². The highest BCUT2D eigenvalue weighted by atomic mass is 16.6. The summed E-state index contributed by atoms with van der Waals surface area (Å²) in [5, 5.41) is 10.7. The smallest absolute Gasteiger partial charge is 0.278 e. The molecule has 0 aromatic carbocycles. The van der Waals surface area contributed by atoms with E-state index in [1.807, 2.05) is 19.0 Å². The van der Waals surface area contributed by atoms with Gasteiger partial charge in [0.05, 0.1) is 18.8 Å². The molecule has 1 N–H and O–H groups in total. The number of amides is 1. The van der Waals surface area contributed by atoms with Gasteiger partial charge in [-0.3, -0.25) is 4.79 Å². The quantitative estimate of drug-likeness (QED) is 0.741. The Balaban J connectivity index is 1.71. The van der Waals surface area contributed by atoms with Gasteiger partial charge in [0.25, 0.3) is 5.88 Å². The molecule has 0 unspecified atom stereocenters. The molecule has 1 aliphatic rings. The van der Waals surface area contributed by atoms with Crippen LogP contribution in [0.2, 0.25) is 0 Å². The van der Waals surface area contributed by atoms with Gasteiger partial charge >= 0.3 is 0 Å². The van der Waals surface area contributed by atoms with E-state index in [1.165, 1.54) is 0 Å². The number of hydrogen-bond acceptors (Lipinski definition) is 9. The predicted octanol–water partition coefficient (Wildman–Crippen LogP) is 0.630. The van der Waals surface area contributed by atoms with Crippen LogP contribution in [0, 0.1) is 6.92 Å². The van der Waals surface area contributed by atoms with Crippen molar-refractivity contribution in [2.45, 2.75) is 26.8 Å². The number of rotatable bonds is 6. The topological polar surface area (TPSA) is 110 Å². The number of carbonyl (C=O) groups is 1. The van der Waals surface area contributed by atoms with Crippen molar-refractivity contribution < 1.29 is 14.2 Å². The normalized spacial score (nSPS) is 13.3. The van der Waals surface area contributed by atoms with Crippen molar-refractivity contribution >= 4 is 17.7 Å². The highest BCUT2D eigenvalue weighted by Crippen LogP contribution is 2.25. The summed E-state index contributed by atoms with van der Waals surface area (Å²) < 4.78 is 10.1. The summed E-state index contributed by atoms with van der Waals surface area (Å²) in [6.07, 6.45) is 0.720. The van der Waals surface area contributed by atoms with Gasteiger partial charge in [0, 0.05) is 33.1 Å². The molecule has 0 aliphatic carbocycles. The van der Waals surface area contributed by atoms with E-state index in [2.05, 4.69) is 30.2 Å². The van der Waals surface area contributed by atoms with Gasteiger partial charge in [-0.15, -0.1) is 0 Å². The molecule has 0 bridgehead atoms. The van der Waals surface area contributed by atoms with E-state index in [4.69, 9.17) is 4.74 Å². The fourth-order valence-corrected chi connectivity index (χ4v) is 2.70. The van der Waals surface area contributed by atoms with Crippen LogP contribution < -0.4 is 15.0 Å². The van der Waals surface area contributed by atoms with Crippen LogP contribution in [0.15, 0.2) is 4.63 Å². The molecule has 10 nitrogen and oxygen atoms in total. The Morgan fingerprint density at radius 1 is 1.35 bits per heavy atom. The Morgan fingerprint density at radius 2 is 2.15 bits per heavy atom. The average Bonchev–Trinajstić information content (AvgIpc) is 3.02. The minimum Gasteiger partial charge on any atom is -0.472 e. The van der Waals surface area contributed by atoms with E-state index in [9.17, 15) is 4.79 Å². The number of fused-ring (bicyclic) bond motifs is 1. The molecule has 1 amide bonds. The second-order valence-corrected chi connectivity index (χ2v) is 6.31. The number of anilines is 2. The van der Waals surface area contributed by atoms with Crippen LogP contribution in [0.4, 0.5) is 11.8 Å². The molecule has 0 saturated heterocycles. The molecule has 0 radical (unpaired) electrons. The van der Waals surface area contributed by atoms with E-state index < -0.39 is 0 Å². The summed E-state index contributed by atoms with van der Waals surface area (Å²) in [5.74, 6) is 1.83. The lowest BCUT2D eigenvalue weighted by Crippen LogP contribution is -2.36. The number of ether oxygens (including phenoxy) is 1. The van der Waals surface area contributed by atoms with Crippen LogP contribution in [-0.2, 0) is 17.8 Å². The average molecular weight is 361 g/mol. The van der Waals surface area contributed by atoms with Crippen molar-refractivity contribution in [2.24, 2.45) is 0 Å². The maximum Gasteiger partial charge on any atom is 0.278 e. The lowest BCUT2D eigenvalue weighted by Gasteiger charge is -2.29. The largest absolute Gasteiger partial charge is 0.472 e. The standard InChI is InChI=1S/C16H23N7O3/c1-10-15(21-26-20-10)25-8-6-17-14-12-5-7-23(11(2)24)9-13(12)18-16(19-14)22(3)4/h5-9H2,1-4H3,(H,17,18,19). The molecule has 26 heavy (non-hydrogen) atoms. The zero-order chi connectivity index (χ0) is 18.7. The van der Waals surface area contributed by atoms with Crippen LogP contribution in [0.5, 0.6) is 5.88 Å². The van der Waals surface area contributed by atoms with Crippen molar-refractivity contribution in [3.63, 3.8) is 0 Å². The van der Waals surface area contributed by atoms with Gasteiger partial charge in [-0.25, -0.2) is 9.61 Å². The first-order valence-corrected chi connectivity index (χ1v) is 8.44. The molecule has 0 saturated carbocycles. The van der Waals surface area contributed by atoms with Crippen molar-refractivity contribution in [1.29, 1.82) is 0 Å². The molecule has 3 rings (SSSR count). The summed E-state index contributed by atoms with van der Waals surface area (Å²) in [7, 11) is 3.78. The number of aryl methyl sites for hydroxylation is 1. The number of aromatic nitrogens is 4. The van der Waals surface area contributed by atoms with E-state index in [0.717, 1.165) is 23.5 Å². The highest BCUT2D eigenvalue weighted by molar-refractivity contribution is 5.73. The first-order valence-electron chi connectivity index (χ1n) is 8.44. The molecule has 2 aromatic heterocycles. The summed E-state index contributed by atoms with van der Waals surface area (Å²) in [5.41, 5.74) is 2.54. The fraction of sp³-hybridized carbons (Fsp3) is 0.562. The number of nitrogens with zero attached hydrogens (tertiary/aromatic N) is 6. The summed E-state index contributed by atoms with van der Waals surface area (Å²) >= 11 is 0. The third-order valence-electron chi connectivity index (χ3n) is 4.14. The van der Waals surface area contributed by atoms with Gasteiger partial charge in [0.2, 0.25) is 11.9 Å². The Labute approximate surface area is 151 Å². The molecule has 0 fully saturated rings. The van der Waals surface area contributed by atoms with Gasteiger partial charge in [-0.2, -0.15) is 4.98 Å². The van der Waals surface area contributed by atoms with Gasteiger partial charge in [-0.1, -0.05) is 5.16 Å². The molecular formula is C16H23N7O3. The van der Waals surface area contributed by atoms with Crippen molar-refractivity contribution in [1.82, 2.24) is 25.2 Å². The van der Waals surface area contributed by atoms with Gasteiger partial charge in [0.1, 0.15) is 18.1 Å². The Bertz CT molecular complexity index is 790. The van der Waals surface area contributed by atoms with Crippen LogP contribution in [0.25, 0.3) is 0 Å². The molecule has 10 heteroatoms. The predicted molar refractivity (Wildman–Crippen MR) is 94.2 cm³/mol. The second kappa shape index (κ2) is 7.54. The Kier molecular flexibility index (Phi) is 5.19. The van der Waals surface area contributed by atoms with E-state index in [-0.39, 0.29) is 5.91 Å². The minimum absolute atomic E-state index is 0.0557. The van der Waals surface area contributed by atoms with Gasteiger partial charge in [-0.05, 0) is 18.5 Å². The van der Waals surface area contributed by atoms with Crippen molar-refractivity contribution in [2.75, 3.05) is 44.0 Å². The Hall–Kier alpha value is -2.91. The zero-order valence-corrected chi connectivity index (χ0v) is 15.4. The maximum atomic E-state index is 11.7. The maximum absolute atomic E-state index is 11.7. The highest BCUT2D eigenvalue weighted by Gasteiger charge is 2.24. The van der Waals surface area contributed by atoms with Crippen LogP contribution in [-0.4, -0.2) is 64.9 Å². The van der Waals surface area contributed by atoms with Crippen molar-refractivity contribution in [3.05, 3.63) is 17.0 Å². The van der Waals surface area contributed by atoms with Crippen LogP contribution in [0.1, 0.15) is 23.9 Å². The fourth-order valence-electron chi connectivity index (χ4n) is 2.70. The summed E-state index contributed by atoms with van der Waals surface area (Å²) in [4.78, 5) is 24.5. The van der Waals surface area contributed by atoms with E-state index in [0.29, 0.717) is 43.8 Å². The number of nitrogens with one attached hydrogen (secondary N) is 1. The van der Waals surface area contributed by atoms with Gasteiger partial charge < -0.3 is 19.9 Å². The molecular weight excluding hydrogens is 338 g/mol. The molecule has 2 aromatic rings. The molecule has 140 valence electrons. The SMILES string of the molecule is CC(=O)N1CCc2c(nc(N(C)C)nc2NCCOc2nonc2C)C1. The lowest BCUT2D eigenvalue weighted by molar-refractivity contribution is -0.129. The van der Waals surface area contributed by atoms with E-state index in [1.54, 1.807) is 18.7 Å². The lowest BCUT2D eigenvalue weighted by atomic mass is 10.1.